The van der Waals surface area contributed by atoms with Gasteiger partial charge in [0.2, 0.25) is 6.79 Å². The Labute approximate surface area is 161 Å². The molecule has 0 unspecified atom stereocenters. The van der Waals surface area contributed by atoms with Crippen molar-refractivity contribution >= 4 is 11.6 Å². The van der Waals surface area contributed by atoms with E-state index in [9.17, 15) is 9.59 Å². The number of aryl methyl sites for hydroxylation is 1. The van der Waals surface area contributed by atoms with E-state index in [0.29, 0.717) is 30.1 Å². The summed E-state index contributed by atoms with van der Waals surface area (Å²) < 4.78 is 10.7. The van der Waals surface area contributed by atoms with Gasteiger partial charge in [-0.15, -0.1) is 0 Å². The van der Waals surface area contributed by atoms with E-state index in [1.807, 2.05) is 24.3 Å². The zero-order valence-corrected chi connectivity index (χ0v) is 15.4. The Kier molecular flexibility index (Phi) is 4.65. The van der Waals surface area contributed by atoms with Crippen molar-refractivity contribution in [1.29, 1.82) is 5.26 Å². The van der Waals surface area contributed by atoms with Crippen LogP contribution in [0.25, 0.3) is 0 Å². The molecule has 144 valence electrons. The Hall–Kier alpha value is -3.47. The van der Waals surface area contributed by atoms with E-state index in [-0.39, 0.29) is 24.3 Å². The number of carbonyl (C=O) groups is 1. The van der Waals surface area contributed by atoms with Gasteiger partial charge in [0.15, 0.2) is 11.5 Å². The number of likely N-dealkylation sites (tertiary alicyclic amines) is 1. The normalized spacial score (nSPS) is 17.9. The zero-order chi connectivity index (χ0) is 19.7. The molecule has 0 aliphatic carbocycles. The number of anilines is 1. The Morgan fingerprint density at radius 2 is 2.14 bits per heavy atom. The summed E-state index contributed by atoms with van der Waals surface area (Å²) in [4.78, 5) is 29.1. The van der Waals surface area contributed by atoms with Crippen molar-refractivity contribution in [3.63, 3.8) is 0 Å². The number of nitrogens with zero attached hydrogens (tertiary/aromatic N) is 2. The number of amides is 1. The Bertz CT molecular complexity index is 1020. The molecule has 1 atom stereocenters. The lowest BCUT2D eigenvalue weighted by Crippen LogP contribution is -2.45. The average Bonchev–Trinajstić information content (AvgIpc) is 3.16. The molecule has 28 heavy (non-hydrogen) atoms. The van der Waals surface area contributed by atoms with E-state index in [2.05, 4.69) is 10.3 Å². The number of fused-ring (bicyclic) bond motifs is 1. The molecular formula is C20H20N4O4. The van der Waals surface area contributed by atoms with Crippen LogP contribution in [0, 0.1) is 18.3 Å². The van der Waals surface area contributed by atoms with Crippen molar-refractivity contribution in [3.05, 3.63) is 51.4 Å². The molecule has 4 rings (SSSR count). The Morgan fingerprint density at radius 3 is 2.96 bits per heavy atom. The molecule has 1 amide bonds. The Morgan fingerprint density at radius 1 is 1.32 bits per heavy atom. The molecular weight excluding hydrogens is 360 g/mol. The predicted octanol–water partition coefficient (Wildman–Crippen LogP) is 2.00. The first-order valence-corrected chi connectivity index (χ1v) is 9.14. The van der Waals surface area contributed by atoms with Gasteiger partial charge in [-0.2, -0.15) is 5.26 Å². The maximum atomic E-state index is 13.0. The second-order valence-corrected chi connectivity index (χ2v) is 6.97. The average molecular weight is 380 g/mol. The molecule has 2 N–H and O–H groups in total. The van der Waals surface area contributed by atoms with Gasteiger partial charge in [0.25, 0.3) is 11.5 Å². The fourth-order valence-corrected chi connectivity index (χ4v) is 3.60. The lowest BCUT2D eigenvalue weighted by atomic mass is 10.0. The van der Waals surface area contributed by atoms with Gasteiger partial charge >= 0.3 is 0 Å². The molecule has 2 aliphatic rings. The number of hydrogen-bond donors (Lipinski definition) is 2. The summed E-state index contributed by atoms with van der Waals surface area (Å²) in [6, 6.07) is 9.00. The highest BCUT2D eigenvalue weighted by molar-refractivity contribution is 5.95. The van der Waals surface area contributed by atoms with Crippen LogP contribution in [-0.4, -0.2) is 41.7 Å². The minimum atomic E-state index is -0.474. The van der Waals surface area contributed by atoms with Gasteiger partial charge in [-0.3, -0.25) is 9.59 Å². The number of benzene rings is 1. The summed E-state index contributed by atoms with van der Waals surface area (Å²) in [6.45, 7) is 3.07. The van der Waals surface area contributed by atoms with Crippen LogP contribution in [0.15, 0.2) is 29.1 Å². The van der Waals surface area contributed by atoms with Crippen LogP contribution in [0.2, 0.25) is 0 Å². The van der Waals surface area contributed by atoms with Gasteiger partial charge in [-0.1, -0.05) is 0 Å². The number of aromatic nitrogens is 1. The number of aromatic amines is 1. The topological polar surface area (TPSA) is 107 Å². The maximum Gasteiger partial charge on any atom is 0.266 e. The highest BCUT2D eigenvalue weighted by Crippen LogP contribution is 2.34. The lowest BCUT2D eigenvalue weighted by molar-refractivity contribution is 0.0713. The number of hydrogen-bond acceptors (Lipinski definition) is 6. The number of H-pyrrole nitrogens is 1. The summed E-state index contributed by atoms with van der Waals surface area (Å²) >= 11 is 0. The maximum absolute atomic E-state index is 13.0. The fourth-order valence-electron chi connectivity index (χ4n) is 3.60. The summed E-state index contributed by atoms with van der Waals surface area (Å²) in [5, 5.41) is 12.5. The van der Waals surface area contributed by atoms with Gasteiger partial charge < -0.3 is 24.7 Å². The highest BCUT2D eigenvalue weighted by Gasteiger charge is 2.26. The van der Waals surface area contributed by atoms with Crippen molar-refractivity contribution < 1.29 is 14.3 Å². The fraction of sp³-hybridized carbons (Fsp3) is 0.350. The number of nitriles is 1. The van der Waals surface area contributed by atoms with Crippen LogP contribution in [0.4, 0.5) is 5.69 Å². The number of carbonyl (C=O) groups excluding carboxylic acids is 1. The van der Waals surface area contributed by atoms with E-state index >= 15 is 0 Å². The number of rotatable bonds is 3. The number of pyridine rings is 1. The van der Waals surface area contributed by atoms with Crippen LogP contribution < -0.4 is 20.3 Å². The largest absolute Gasteiger partial charge is 0.454 e. The van der Waals surface area contributed by atoms with Gasteiger partial charge in [-0.05, 0) is 38.0 Å². The van der Waals surface area contributed by atoms with E-state index in [1.165, 1.54) is 6.07 Å². The molecule has 8 nitrogen and oxygen atoms in total. The molecule has 2 aromatic rings. The van der Waals surface area contributed by atoms with E-state index < -0.39 is 5.56 Å². The first-order valence-electron chi connectivity index (χ1n) is 9.14. The third-order valence-corrected chi connectivity index (χ3v) is 5.04. The van der Waals surface area contributed by atoms with Crippen LogP contribution in [0.3, 0.4) is 0 Å². The zero-order valence-electron chi connectivity index (χ0n) is 15.4. The van der Waals surface area contributed by atoms with Crippen molar-refractivity contribution in [2.75, 3.05) is 25.2 Å². The molecule has 1 aromatic carbocycles. The highest BCUT2D eigenvalue weighted by atomic mass is 16.7. The molecule has 3 heterocycles. The standard InChI is InChI=1S/C20H20N4O4/c1-12-16(7-13(9-21)19(25)22-12)20(26)24-6-2-3-15(10-24)23-14-4-5-17-18(8-14)28-11-27-17/h4-5,7-8,15,23H,2-3,6,10-11H2,1H3,(H,22,25)/t15-/m0/s1. The number of piperidine rings is 1. The first kappa shape index (κ1) is 17.9. The van der Waals surface area contributed by atoms with E-state index in [4.69, 9.17) is 14.7 Å². The number of nitrogens with one attached hydrogen (secondary N) is 2. The van der Waals surface area contributed by atoms with Gasteiger partial charge in [0.05, 0.1) is 5.56 Å². The van der Waals surface area contributed by atoms with Crippen molar-refractivity contribution in [2.24, 2.45) is 0 Å². The molecule has 0 radical (unpaired) electrons. The molecule has 8 heteroatoms. The van der Waals surface area contributed by atoms with Crippen LogP contribution in [0.5, 0.6) is 11.5 Å². The van der Waals surface area contributed by atoms with Crippen LogP contribution >= 0.6 is 0 Å². The first-order chi connectivity index (χ1) is 13.5. The van der Waals surface area contributed by atoms with Crippen molar-refractivity contribution in [1.82, 2.24) is 9.88 Å². The second kappa shape index (κ2) is 7.27. The second-order valence-electron chi connectivity index (χ2n) is 6.97. The quantitative estimate of drug-likeness (QED) is 0.843. The monoisotopic (exact) mass is 380 g/mol. The lowest BCUT2D eigenvalue weighted by Gasteiger charge is -2.34. The van der Waals surface area contributed by atoms with Gasteiger partial charge in [0, 0.05) is 36.6 Å². The summed E-state index contributed by atoms with van der Waals surface area (Å²) in [6.07, 6.45) is 1.80. The summed E-state index contributed by atoms with van der Waals surface area (Å²) in [5.41, 5.74) is 1.22. The summed E-state index contributed by atoms with van der Waals surface area (Å²) in [7, 11) is 0. The molecule has 1 fully saturated rings. The third kappa shape index (κ3) is 3.39. The van der Waals surface area contributed by atoms with E-state index in [1.54, 1.807) is 11.8 Å². The molecule has 1 aromatic heterocycles. The van der Waals surface area contributed by atoms with Crippen molar-refractivity contribution in [3.8, 4) is 17.6 Å². The smallest absolute Gasteiger partial charge is 0.266 e. The number of ether oxygens (including phenoxy) is 2. The van der Waals surface area contributed by atoms with Gasteiger partial charge in [-0.25, -0.2) is 0 Å². The minimum absolute atomic E-state index is 0.0546. The summed E-state index contributed by atoms with van der Waals surface area (Å²) in [5.74, 6) is 1.26. The molecule has 0 spiro atoms. The van der Waals surface area contributed by atoms with Crippen LogP contribution in [-0.2, 0) is 0 Å². The molecule has 1 saturated heterocycles. The van der Waals surface area contributed by atoms with Crippen LogP contribution in [0.1, 0.15) is 34.5 Å². The third-order valence-electron chi connectivity index (χ3n) is 5.04. The molecule has 2 aliphatic heterocycles. The Balaban J connectivity index is 1.49. The SMILES string of the molecule is Cc1[nH]c(=O)c(C#N)cc1C(=O)N1CCC[C@H](Nc2ccc3c(c2)OCO3)C1. The predicted molar refractivity (Wildman–Crippen MR) is 102 cm³/mol. The minimum Gasteiger partial charge on any atom is -0.454 e. The molecule has 0 saturated carbocycles. The van der Waals surface area contributed by atoms with Crippen molar-refractivity contribution in [2.45, 2.75) is 25.8 Å². The van der Waals surface area contributed by atoms with E-state index in [0.717, 1.165) is 24.3 Å². The molecule has 0 bridgehead atoms. The van der Waals surface area contributed by atoms with Gasteiger partial charge in [0.1, 0.15) is 11.6 Å².